The highest BCUT2D eigenvalue weighted by molar-refractivity contribution is 8.41. The smallest absolute Gasteiger partial charge is 0.341 e. The molecule has 0 saturated heterocycles. The van der Waals surface area contributed by atoms with Gasteiger partial charge in [-0.2, -0.15) is 4.99 Å². The molecule has 0 saturated carbocycles. The van der Waals surface area contributed by atoms with Crippen molar-refractivity contribution in [2.75, 3.05) is 17.7 Å². The number of anilines is 1. The first kappa shape index (κ1) is 24.0. The lowest BCUT2D eigenvalue weighted by atomic mass is 10.0. The van der Waals surface area contributed by atoms with Crippen LogP contribution in [0.3, 0.4) is 0 Å². The number of hydrogen-bond acceptors (Lipinski definition) is 7. The maximum Gasteiger partial charge on any atom is 0.341 e. The molecule has 2 aromatic carbocycles. The number of carbonyl (C=O) groups is 3. The van der Waals surface area contributed by atoms with Crippen LogP contribution in [0.25, 0.3) is 17.2 Å². The van der Waals surface area contributed by atoms with Crippen molar-refractivity contribution in [3.63, 3.8) is 0 Å². The van der Waals surface area contributed by atoms with Crippen LogP contribution in [-0.4, -0.2) is 34.5 Å². The molecule has 2 heterocycles. The van der Waals surface area contributed by atoms with Gasteiger partial charge in [-0.3, -0.25) is 9.59 Å². The van der Waals surface area contributed by atoms with E-state index < -0.39 is 5.97 Å². The molecule has 0 aliphatic carbocycles. The summed E-state index contributed by atoms with van der Waals surface area (Å²) in [6, 6.07) is 19.0. The van der Waals surface area contributed by atoms with Crippen molar-refractivity contribution >= 4 is 68.1 Å². The highest BCUT2D eigenvalue weighted by atomic mass is 32.2. The van der Waals surface area contributed by atoms with Crippen molar-refractivity contribution in [2.45, 2.75) is 6.92 Å². The Labute approximate surface area is 209 Å². The fourth-order valence-electron chi connectivity index (χ4n) is 3.13. The van der Waals surface area contributed by atoms with Crippen LogP contribution in [-0.2, 0) is 14.3 Å². The fourth-order valence-corrected chi connectivity index (χ4v) is 5.90. The average molecular weight is 509 g/mol. The molecule has 1 aliphatic heterocycles. The standard InChI is InChI=1S/C25H20N2O4S3/c1-2-31-24(30)21-18(17-11-7-4-8-12-17)14-32-23(21)26-20(28)15-33-25-27-22(29)19(34-25)13-16-9-5-3-6-10-16/h3-14H,2,15H2,1H3,(H,26,28). The monoisotopic (exact) mass is 508 g/mol. The minimum atomic E-state index is -0.484. The van der Waals surface area contributed by atoms with Crippen LogP contribution in [0.1, 0.15) is 22.8 Å². The second-order valence-electron chi connectivity index (χ2n) is 6.98. The summed E-state index contributed by atoms with van der Waals surface area (Å²) in [5.74, 6) is -1.04. The van der Waals surface area contributed by atoms with Crippen LogP contribution in [0.4, 0.5) is 5.00 Å². The first-order valence-electron chi connectivity index (χ1n) is 10.4. The summed E-state index contributed by atoms with van der Waals surface area (Å²) in [5, 5.41) is 5.09. The molecule has 0 radical (unpaired) electrons. The second kappa shape index (κ2) is 11.3. The Bertz CT molecular complexity index is 1270. The molecule has 6 nitrogen and oxygen atoms in total. The van der Waals surface area contributed by atoms with E-state index in [1.54, 1.807) is 13.0 Å². The normalized spacial score (nSPS) is 14.2. The lowest BCUT2D eigenvalue weighted by molar-refractivity contribution is -0.114. The number of thiophene rings is 1. The van der Waals surface area contributed by atoms with Gasteiger partial charge in [0.25, 0.3) is 5.91 Å². The number of hydrogen-bond donors (Lipinski definition) is 1. The fraction of sp³-hybridized carbons (Fsp3) is 0.120. The van der Waals surface area contributed by atoms with Gasteiger partial charge < -0.3 is 10.1 Å². The molecule has 1 N–H and O–H groups in total. The number of rotatable bonds is 7. The van der Waals surface area contributed by atoms with Gasteiger partial charge in [-0.15, -0.1) is 11.3 Å². The maximum absolute atomic E-state index is 12.7. The molecule has 0 fully saturated rings. The zero-order chi connectivity index (χ0) is 23.9. The minimum Gasteiger partial charge on any atom is -0.462 e. The average Bonchev–Trinajstić information content (AvgIpc) is 3.42. The van der Waals surface area contributed by atoms with Crippen molar-refractivity contribution in [1.82, 2.24) is 0 Å². The van der Waals surface area contributed by atoms with Crippen LogP contribution in [0.15, 0.2) is 75.9 Å². The van der Waals surface area contributed by atoms with Gasteiger partial charge >= 0.3 is 5.97 Å². The zero-order valence-electron chi connectivity index (χ0n) is 18.1. The van der Waals surface area contributed by atoms with Crippen molar-refractivity contribution in [2.24, 2.45) is 4.99 Å². The molecule has 0 unspecified atom stereocenters. The summed E-state index contributed by atoms with van der Waals surface area (Å²) in [4.78, 5) is 42.1. The number of esters is 1. The van der Waals surface area contributed by atoms with E-state index in [9.17, 15) is 14.4 Å². The van der Waals surface area contributed by atoms with Crippen LogP contribution >= 0.6 is 34.9 Å². The molecule has 3 aromatic rings. The van der Waals surface area contributed by atoms with E-state index in [1.165, 1.54) is 34.9 Å². The van der Waals surface area contributed by atoms with Crippen LogP contribution < -0.4 is 5.32 Å². The van der Waals surface area contributed by atoms with E-state index in [2.05, 4.69) is 10.3 Å². The molecule has 0 atom stereocenters. The molecule has 1 aliphatic rings. The van der Waals surface area contributed by atoms with E-state index in [0.717, 1.165) is 11.1 Å². The van der Waals surface area contributed by atoms with E-state index in [4.69, 9.17) is 4.74 Å². The lowest BCUT2D eigenvalue weighted by Gasteiger charge is -2.08. The molecule has 0 spiro atoms. The van der Waals surface area contributed by atoms with Crippen LogP contribution in [0, 0.1) is 0 Å². The number of nitrogens with one attached hydrogen (secondary N) is 1. The number of carbonyl (C=O) groups excluding carboxylic acids is 3. The Morgan fingerprint density at radius 3 is 2.50 bits per heavy atom. The van der Waals surface area contributed by atoms with E-state index in [1.807, 2.05) is 66.0 Å². The van der Waals surface area contributed by atoms with Gasteiger partial charge in [0.05, 0.1) is 17.3 Å². The summed E-state index contributed by atoms with van der Waals surface area (Å²) in [6.45, 7) is 1.97. The number of benzene rings is 2. The van der Waals surface area contributed by atoms with Crippen molar-refractivity contribution in [3.05, 3.63) is 82.1 Å². The zero-order valence-corrected chi connectivity index (χ0v) is 20.6. The number of thioether (sulfide) groups is 2. The Hall–Kier alpha value is -3.14. The Morgan fingerprint density at radius 2 is 1.79 bits per heavy atom. The van der Waals surface area contributed by atoms with E-state index >= 15 is 0 Å². The quantitative estimate of drug-likeness (QED) is 0.314. The second-order valence-corrected chi connectivity index (χ2v) is 10.1. The SMILES string of the molecule is CCOC(=O)c1c(-c2ccccc2)csc1NC(=O)CSC1=NC(=O)C(=Cc2ccccc2)S1. The lowest BCUT2D eigenvalue weighted by Crippen LogP contribution is -2.17. The van der Waals surface area contributed by atoms with Gasteiger partial charge in [-0.25, -0.2) is 4.79 Å². The molecular weight excluding hydrogens is 488 g/mol. The summed E-state index contributed by atoms with van der Waals surface area (Å²) in [6.07, 6.45) is 1.78. The Kier molecular flexibility index (Phi) is 7.99. The van der Waals surface area contributed by atoms with Crippen molar-refractivity contribution in [3.8, 4) is 11.1 Å². The van der Waals surface area contributed by atoms with Crippen LogP contribution in [0.2, 0.25) is 0 Å². The first-order chi connectivity index (χ1) is 16.5. The van der Waals surface area contributed by atoms with Crippen LogP contribution in [0.5, 0.6) is 0 Å². The van der Waals surface area contributed by atoms with Gasteiger partial charge in [0.15, 0.2) is 0 Å². The third kappa shape index (κ3) is 5.85. The molecule has 4 rings (SSSR count). The predicted octanol–water partition coefficient (Wildman–Crippen LogP) is 5.93. The first-order valence-corrected chi connectivity index (χ1v) is 13.1. The third-order valence-corrected chi connectivity index (χ3v) is 7.66. The molecular formula is C25H20N2O4S3. The summed E-state index contributed by atoms with van der Waals surface area (Å²) >= 11 is 3.71. The molecule has 0 bridgehead atoms. The summed E-state index contributed by atoms with van der Waals surface area (Å²) < 4.78 is 5.75. The number of amides is 2. The van der Waals surface area contributed by atoms with Gasteiger partial charge in [0, 0.05) is 10.9 Å². The molecule has 34 heavy (non-hydrogen) atoms. The highest BCUT2D eigenvalue weighted by Crippen LogP contribution is 2.37. The number of ether oxygens (including phenoxy) is 1. The summed E-state index contributed by atoms with van der Waals surface area (Å²) in [7, 11) is 0. The molecule has 2 amide bonds. The van der Waals surface area contributed by atoms with Crippen molar-refractivity contribution in [1.29, 1.82) is 0 Å². The van der Waals surface area contributed by atoms with E-state index in [-0.39, 0.29) is 24.2 Å². The largest absolute Gasteiger partial charge is 0.462 e. The van der Waals surface area contributed by atoms with Gasteiger partial charge in [-0.05, 0) is 24.1 Å². The van der Waals surface area contributed by atoms with Gasteiger partial charge in [0.2, 0.25) is 5.91 Å². The third-order valence-electron chi connectivity index (χ3n) is 4.63. The predicted molar refractivity (Wildman–Crippen MR) is 141 cm³/mol. The maximum atomic E-state index is 12.7. The minimum absolute atomic E-state index is 0.0541. The van der Waals surface area contributed by atoms with Gasteiger partial charge in [0.1, 0.15) is 14.9 Å². The molecule has 9 heteroatoms. The Morgan fingerprint density at radius 1 is 1.09 bits per heavy atom. The topological polar surface area (TPSA) is 84.8 Å². The number of aliphatic imine (C=N–C) groups is 1. The van der Waals surface area contributed by atoms with E-state index in [0.29, 0.717) is 25.4 Å². The Balaban J connectivity index is 1.42. The molecule has 1 aromatic heterocycles. The highest BCUT2D eigenvalue weighted by Gasteiger charge is 2.25. The summed E-state index contributed by atoms with van der Waals surface area (Å²) in [5.41, 5.74) is 2.83. The molecule has 172 valence electrons. The van der Waals surface area contributed by atoms with Gasteiger partial charge in [-0.1, -0.05) is 84.2 Å². The number of nitrogens with zero attached hydrogens (tertiary/aromatic N) is 1. The van der Waals surface area contributed by atoms with Crippen molar-refractivity contribution < 1.29 is 19.1 Å².